The number of nitro benzene ring substituents is 1. The van der Waals surface area contributed by atoms with E-state index in [1.807, 2.05) is 12.1 Å². The molecule has 2 heterocycles. The average molecular weight is 390 g/mol. The predicted molar refractivity (Wildman–Crippen MR) is 98.3 cm³/mol. The van der Waals surface area contributed by atoms with Crippen LogP contribution >= 0.6 is 23.4 Å². The van der Waals surface area contributed by atoms with Crippen LogP contribution in [0.4, 0.5) is 11.4 Å². The first-order valence-electron chi connectivity index (χ1n) is 7.75. The fourth-order valence-electron chi connectivity index (χ4n) is 3.20. The van der Waals surface area contributed by atoms with Gasteiger partial charge in [-0.25, -0.2) is 0 Å². The van der Waals surface area contributed by atoms with Crippen molar-refractivity contribution < 1.29 is 14.5 Å². The maximum atomic E-state index is 12.7. The van der Waals surface area contributed by atoms with E-state index < -0.39 is 11.0 Å². The molecule has 2 aliphatic rings. The molecule has 132 valence electrons. The van der Waals surface area contributed by atoms with Crippen LogP contribution in [0.25, 0.3) is 0 Å². The van der Waals surface area contributed by atoms with Crippen molar-refractivity contribution in [2.45, 2.75) is 11.4 Å². The van der Waals surface area contributed by atoms with Gasteiger partial charge in [-0.05, 0) is 23.8 Å². The van der Waals surface area contributed by atoms with Gasteiger partial charge in [-0.2, -0.15) is 0 Å². The van der Waals surface area contributed by atoms with Crippen molar-refractivity contribution in [1.29, 1.82) is 0 Å². The Hall–Kier alpha value is -2.58. The minimum atomic E-state index is -0.639. The van der Waals surface area contributed by atoms with E-state index in [2.05, 4.69) is 5.32 Å². The number of rotatable bonds is 3. The van der Waals surface area contributed by atoms with E-state index in [1.165, 1.54) is 30.0 Å². The lowest BCUT2D eigenvalue weighted by Gasteiger charge is -2.22. The number of carbonyl (C=O) groups is 2. The molecule has 2 amide bonds. The van der Waals surface area contributed by atoms with Gasteiger partial charge in [-0.1, -0.05) is 29.8 Å². The number of anilines is 1. The Kier molecular flexibility index (Phi) is 4.08. The fraction of sp³-hybridized carbons (Fsp3) is 0.176. The van der Waals surface area contributed by atoms with Crippen molar-refractivity contribution in [2.75, 3.05) is 11.1 Å². The number of halogens is 1. The minimum Gasteiger partial charge on any atom is -0.324 e. The first-order chi connectivity index (χ1) is 12.5. The van der Waals surface area contributed by atoms with Crippen molar-refractivity contribution in [3.05, 3.63) is 68.7 Å². The smallest absolute Gasteiger partial charge is 0.289 e. The lowest BCUT2D eigenvalue weighted by Crippen LogP contribution is -2.42. The summed E-state index contributed by atoms with van der Waals surface area (Å²) in [5.74, 6) is -0.0812. The zero-order valence-corrected chi connectivity index (χ0v) is 14.8. The van der Waals surface area contributed by atoms with Crippen LogP contribution in [0.15, 0.2) is 42.5 Å². The summed E-state index contributed by atoms with van der Waals surface area (Å²) >= 11 is 7.32. The second-order valence-corrected chi connectivity index (χ2v) is 7.43. The van der Waals surface area contributed by atoms with Gasteiger partial charge in [-0.3, -0.25) is 19.7 Å². The number of hydrogen-bond donors (Lipinski definition) is 1. The van der Waals surface area contributed by atoms with Crippen LogP contribution in [-0.2, 0) is 4.79 Å². The molecule has 0 radical (unpaired) electrons. The maximum absolute atomic E-state index is 12.7. The Morgan fingerprint density at radius 2 is 2.08 bits per heavy atom. The Morgan fingerprint density at radius 3 is 2.85 bits per heavy atom. The number of benzene rings is 2. The lowest BCUT2D eigenvalue weighted by atomic mass is 10.1. The zero-order chi connectivity index (χ0) is 18.4. The number of hydrogen-bond acceptors (Lipinski definition) is 5. The molecule has 0 unspecified atom stereocenters. The van der Waals surface area contributed by atoms with Gasteiger partial charge in [0.2, 0.25) is 5.91 Å². The molecule has 2 aromatic carbocycles. The minimum absolute atomic E-state index is 0.00495. The molecule has 1 N–H and O–H groups in total. The van der Waals surface area contributed by atoms with E-state index in [0.717, 1.165) is 5.56 Å². The van der Waals surface area contributed by atoms with Gasteiger partial charge in [0.15, 0.2) is 0 Å². The molecule has 0 spiro atoms. The van der Waals surface area contributed by atoms with Crippen LogP contribution in [0.5, 0.6) is 0 Å². The molecule has 2 atom stereocenters. The molecule has 2 aliphatic heterocycles. The normalized spacial score (nSPS) is 20.7. The average Bonchev–Trinajstić information content (AvgIpc) is 3.17. The standard InChI is InChI=1S/C17H12ClN3O4S/c18-12-6-5-9(7-13(12)21(24)25)19-15(22)14-8-26-17-11-4-2-1-3-10(11)16(23)20(14)17/h1-7,14,17H,8H2,(H,19,22)/t14-,17-/m1/s1. The summed E-state index contributed by atoms with van der Waals surface area (Å²) < 4.78 is 0. The third kappa shape index (κ3) is 2.62. The molecule has 2 aromatic rings. The molecule has 4 rings (SSSR count). The van der Waals surface area contributed by atoms with Gasteiger partial charge in [0.1, 0.15) is 16.4 Å². The Labute approximate surface area is 157 Å². The van der Waals surface area contributed by atoms with Crippen LogP contribution in [0.1, 0.15) is 21.3 Å². The van der Waals surface area contributed by atoms with Gasteiger partial charge < -0.3 is 10.2 Å². The number of thioether (sulfide) groups is 1. The van der Waals surface area contributed by atoms with E-state index in [9.17, 15) is 19.7 Å². The number of carbonyl (C=O) groups excluding carboxylic acids is 2. The number of nitrogens with zero attached hydrogens (tertiary/aromatic N) is 2. The Morgan fingerprint density at radius 1 is 1.31 bits per heavy atom. The number of nitrogens with one attached hydrogen (secondary N) is 1. The molecular formula is C17H12ClN3O4S. The van der Waals surface area contributed by atoms with Gasteiger partial charge in [-0.15, -0.1) is 11.8 Å². The lowest BCUT2D eigenvalue weighted by molar-refractivity contribution is -0.384. The molecule has 1 saturated heterocycles. The third-order valence-corrected chi connectivity index (χ3v) is 6.03. The summed E-state index contributed by atoms with van der Waals surface area (Å²) in [5.41, 5.74) is 1.51. The first kappa shape index (κ1) is 16.9. The molecule has 0 aromatic heterocycles. The van der Waals surface area contributed by atoms with Gasteiger partial charge in [0, 0.05) is 23.1 Å². The Balaban J connectivity index is 1.57. The predicted octanol–water partition coefficient (Wildman–Crippen LogP) is 3.46. The van der Waals surface area contributed by atoms with E-state index in [1.54, 1.807) is 17.0 Å². The summed E-state index contributed by atoms with van der Waals surface area (Å²) in [6.45, 7) is 0. The number of fused-ring (bicyclic) bond motifs is 3. The van der Waals surface area contributed by atoms with Crippen LogP contribution in [0.3, 0.4) is 0 Å². The quantitative estimate of drug-likeness (QED) is 0.641. The molecule has 0 bridgehead atoms. The van der Waals surface area contributed by atoms with Crippen molar-refractivity contribution in [1.82, 2.24) is 4.90 Å². The van der Waals surface area contributed by atoms with E-state index in [-0.39, 0.29) is 33.6 Å². The van der Waals surface area contributed by atoms with Crippen LogP contribution in [0.2, 0.25) is 5.02 Å². The van der Waals surface area contributed by atoms with E-state index in [4.69, 9.17) is 11.6 Å². The molecular weight excluding hydrogens is 378 g/mol. The van der Waals surface area contributed by atoms with E-state index in [0.29, 0.717) is 11.3 Å². The summed E-state index contributed by atoms with van der Waals surface area (Å²) in [5, 5.41) is 13.5. The van der Waals surface area contributed by atoms with Crippen molar-refractivity contribution >= 4 is 46.6 Å². The summed E-state index contributed by atoms with van der Waals surface area (Å²) in [6.07, 6.45) is 0. The molecule has 1 fully saturated rings. The summed E-state index contributed by atoms with van der Waals surface area (Å²) in [6, 6.07) is 10.7. The monoisotopic (exact) mass is 389 g/mol. The molecule has 7 nitrogen and oxygen atoms in total. The summed E-state index contributed by atoms with van der Waals surface area (Å²) in [7, 11) is 0. The van der Waals surface area contributed by atoms with Crippen molar-refractivity contribution in [2.24, 2.45) is 0 Å². The fourth-order valence-corrected chi connectivity index (χ4v) is 4.85. The zero-order valence-electron chi connectivity index (χ0n) is 13.2. The summed E-state index contributed by atoms with van der Waals surface area (Å²) in [4.78, 5) is 37.3. The van der Waals surface area contributed by atoms with E-state index >= 15 is 0 Å². The topological polar surface area (TPSA) is 92.5 Å². The molecule has 9 heteroatoms. The van der Waals surface area contributed by atoms with Gasteiger partial charge >= 0.3 is 0 Å². The highest BCUT2D eigenvalue weighted by Crippen LogP contribution is 2.48. The second-order valence-electron chi connectivity index (χ2n) is 5.91. The van der Waals surface area contributed by atoms with Crippen LogP contribution in [0, 0.1) is 10.1 Å². The number of nitro groups is 1. The highest BCUT2D eigenvalue weighted by atomic mass is 35.5. The third-order valence-electron chi connectivity index (χ3n) is 4.41. The Bertz CT molecular complexity index is 951. The van der Waals surface area contributed by atoms with Gasteiger partial charge in [0.05, 0.1) is 4.92 Å². The largest absolute Gasteiger partial charge is 0.324 e. The highest BCUT2D eigenvalue weighted by Gasteiger charge is 2.48. The van der Waals surface area contributed by atoms with Crippen molar-refractivity contribution in [3.8, 4) is 0 Å². The highest BCUT2D eigenvalue weighted by molar-refractivity contribution is 7.99. The van der Waals surface area contributed by atoms with Crippen molar-refractivity contribution in [3.63, 3.8) is 0 Å². The maximum Gasteiger partial charge on any atom is 0.289 e. The SMILES string of the molecule is O=C(Nc1ccc(Cl)c([N+](=O)[O-])c1)[C@H]1CS[C@@H]2c3ccccc3C(=O)N12. The second kappa shape index (κ2) is 6.30. The first-order valence-corrected chi connectivity index (χ1v) is 9.18. The molecule has 26 heavy (non-hydrogen) atoms. The van der Waals surface area contributed by atoms with Crippen LogP contribution in [-0.4, -0.2) is 33.4 Å². The molecule has 0 aliphatic carbocycles. The molecule has 0 saturated carbocycles. The number of amides is 2. The van der Waals surface area contributed by atoms with Gasteiger partial charge in [0.25, 0.3) is 11.6 Å². The van der Waals surface area contributed by atoms with Crippen LogP contribution < -0.4 is 5.32 Å².